The fourth-order valence-corrected chi connectivity index (χ4v) is 5.64. The second kappa shape index (κ2) is 9.79. The van der Waals surface area contributed by atoms with Gasteiger partial charge in [-0.3, -0.25) is 9.59 Å². The van der Waals surface area contributed by atoms with E-state index in [2.05, 4.69) is 6.58 Å². The lowest BCUT2D eigenvalue weighted by Gasteiger charge is -2.43. The molecule has 1 amide bonds. The predicted molar refractivity (Wildman–Crippen MR) is 126 cm³/mol. The molecule has 0 spiro atoms. The van der Waals surface area contributed by atoms with Crippen molar-refractivity contribution in [1.82, 2.24) is 4.90 Å². The van der Waals surface area contributed by atoms with E-state index in [1.54, 1.807) is 7.11 Å². The van der Waals surface area contributed by atoms with Gasteiger partial charge in [0.25, 0.3) is 0 Å². The van der Waals surface area contributed by atoms with Gasteiger partial charge in [-0.2, -0.15) is 0 Å². The molecule has 2 aliphatic rings. The van der Waals surface area contributed by atoms with Crippen LogP contribution in [0, 0.1) is 23.7 Å². The monoisotopic (exact) mass is 448 g/mol. The second-order valence-corrected chi connectivity index (χ2v) is 8.98. The molecule has 0 aromatic heterocycles. The normalized spacial score (nSPS) is 26.6. The van der Waals surface area contributed by atoms with Crippen LogP contribution in [0.4, 0.5) is 0 Å². The van der Waals surface area contributed by atoms with E-state index in [1.807, 2.05) is 59.5 Å². The minimum Gasteiger partial charge on any atom is -0.497 e. The van der Waals surface area contributed by atoms with Crippen LogP contribution in [0.25, 0.3) is 0 Å². The number of carbonyl (C=O) groups excluding carboxylic acids is 2. The van der Waals surface area contributed by atoms with E-state index < -0.39 is 11.8 Å². The van der Waals surface area contributed by atoms with Crippen LogP contribution >= 0.6 is 0 Å². The molecule has 0 bridgehead atoms. The number of likely N-dealkylation sites (tertiary alicyclic amines) is 1. The van der Waals surface area contributed by atoms with Crippen LogP contribution < -0.4 is 10.5 Å². The number of ether oxygens (including phenoxy) is 2. The first kappa shape index (κ1) is 23.1. The largest absolute Gasteiger partial charge is 0.497 e. The zero-order valence-corrected chi connectivity index (χ0v) is 19.3. The number of hydrogen-bond acceptors (Lipinski definition) is 5. The van der Waals surface area contributed by atoms with Gasteiger partial charge in [-0.15, -0.1) is 6.58 Å². The van der Waals surface area contributed by atoms with Crippen LogP contribution in [0.15, 0.2) is 61.2 Å². The Morgan fingerprint density at radius 2 is 1.88 bits per heavy atom. The first-order valence-electron chi connectivity index (χ1n) is 11.4. The summed E-state index contributed by atoms with van der Waals surface area (Å²) in [5.41, 5.74) is 8.95. The number of rotatable bonds is 7. The quantitative estimate of drug-likeness (QED) is 0.514. The van der Waals surface area contributed by atoms with Crippen LogP contribution in [-0.4, -0.2) is 31.0 Å². The molecule has 1 aliphatic carbocycles. The molecule has 5 atom stereocenters. The van der Waals surface area contributed by atoms with Crippen molar-refractivity contribution in [1.29, 1.82) is 0 Å². The zero-order chi connectivity index (χ0) is 23.5. The van der Waals surface area contributed by atoms with Crippen molar-refractivity contribution in [3.05, 3.63) is 77.9 Å². The summed E-state index contributed by atoms with van der Waals surface area (Å²) in [5.74, 6) is -0.387. The molecule has 2 aromatic rings. The van der Waals surface area contributed by atoms with E-state index in [0.29, 0.717) is 13.1 Å². The Labute approximate surface area is 195 Å². The second-order valence-electron chi connectivity index (χ2n) is 8.98. The Morgan fingerprint density at radius 1 is 1.15 bits per heavy atom. The van der Waals surface area contributed by atoms with E-state index in [1.165, 1.54) is 7.11 Å². The van der Waals surface area contributed by atoms with Gasteiger partial charge in [0.05, 0.1) is 32.1 Å². The van der Waals surface area contributed by atoms with Gasteiger partial charge in [0.2, 0.25) is 5.91 Å². The molecule has 6 heteroatoms. The van der Waals surface area contributed by atoms with Crippen LogP contribution in [0.3, 0.4) is 0 Å². The highest BCUT2D eigenvalue weighted by atomic mass is 16.5. The van der Waals surface area contributed by atoms with Crippen molar-refractivity contribution in [3.8, 4) is 5.75 Å². The van der Waals surface area contributed by atoms with Crippen LogP contribution in [0.2, 0.25) is 0 Å². The number of carbonyl (C=O) groups is 2. The van der Waals surface area contributed by atoms with Crippen molar-refractivity contribution in [2.24, 2.45) is 29.4 Å². The van der Waals surface area contributed by atoms with E-state index in [-0.39, 0.29) is 29.8 Å². The smallest absolute Gasteiger partial charge is 0.310 e. The van der Waals surface area contributed by atoms with Gasteiger partial charge in [-0.1, -0.05) is 42.5 Å². The molecule has 1 saturated heterocycles. The van der Waals surface area contributed by atoms with Gasteiger partial charge in [0.1, 0.15) is 5.75 Å². The summed E-state index contributed by atoms with van der Waals surface area (Å²) >= 11 is 0. The van der Waals surface area contributed by atoms with Crippen LogP contribution in [0.1, 0.15) is 35.6 Å². The summed E-state index contributed by atoms with van der Waals surface area (Å²) in [6.07, 6.45) is 3.37. The van der Waals surface area contributed by atoms with Gasteiger partial charge in [0.15, 0.2) is 0 Å². The lowest BCUT2D eigenvalue weighted by Crippen LogP contribution is -2.48. The lowest BCUT2D eigenvalue weighted by atomic mass is 9.77. The summed E-state index contributed by atoms with van der Waals surface area (Å²) in [4.78, 5) is 28.6. The number of esters is 1. The number of nitrogens with two attached hydrogens (primary N) is 1. The minimum atomic E-state index is -0.486. The fraction of sp³-hybridized carbons (Fsp3) is 0.407. The van der Waals surface area contributed by atoms with Crippen LogP contribution in [-0.2, 0) is 27.4 Å². The third-order valence-electron chi connectivity index (χ3n) is 7.26. The number of hydrogen-bond donors (Lipinski definition) is 1. The summed E-state index contributed by atoms with van der Waals surface area (Å²) in [6, 6.07) is 15.8. The Hall–Kier alpha value is -3.12. The Balaban J connectivity index is 1.72. The Morgan fingerprint density at radius 3 is 2.52 bits per heavy atom. The number of fused-ring (bicyclic) bond motifs is 1. The standard InChI is InChI=1S/C27H32N2O4/c1-4-19-13-21-14-23(20-8-10-22(32-2)11-9-20)29(16-18-7-5-6-17(12-18)15-28)26(30)24(21)25(19)27(31)33-3/h4-12,19,21,23-25H,1,13-16,28H2,2-3H3/t19-,21-,23+,24+,25-/m1/s1. The van der Waals surface area contributed by atoms with E-state index in [0.717, 1.165) is 35.3 Å². The van der Waals surface area contributed by atoms with E-state index in [9.17, 15) is 9.59 Å². The average molecular weight is 449 g/mol. The predicted octanol–water partition coefficient (Wildman–Crippen LogP) is 3.86. The lowest BCUT2D eigenvalue weighted by molar-refractivity contribution is -0.157. The third-order valence-corrected chi connectivity index (χ3v) is 7.26. The molecule has 174 valence electrons. The molecule has 0 unspecified atom stereocenters. The molecule has 1 heterocycles. The van der Waals surface area contributed by atoms with Crippen molar-refractivity contribution in [3.63, 3.8) is 0 Å². The number of methoxy groups -OCH3 is 2. The Bertz CT molecular complexity index is 1020. The zero-order valence-electron chi connectivity index (χ0n) is 19.3. The number of amides is 1. The number of benzene rings is 2. The Kier molecular flexibility index (Phi) is 6.84. The summed E-state index contributed by atoms with van der Waals surface area (Å²) in [5, 5.41) is 0. The highest BCUT2D eigenvalue weighted by Gasteiger charge is 2.55. The van der Waals surface area contributed by atoms with Crippen molar-refractivity contribution < 1.29 is 19.1 Å². The number of nitrogens with zero attached hydrogens (tertiary/aromatic N) is 1. The number of piperidine rings is 1. The van der Waals surface area contributed by atoms with Crippen molar-refractivity contribution in [2.45, 2.75) is 32.0 Å². The summed E-state index contributed by atoms with van der Waals surface area (Å²) < 4.78 is 10.4. The highest BCUT2D eigenvalue weighted by Crippen LogP contribution is 2.52. The molecular formula is C27H32N2O4. The maximum absolute atomic E-state index is 14.0. The molecule has 33 heavy (non-hydrogen) atoms. The maximum Gasteiger partial charge on any atom is 0.310 e. The van der Waals surface area contributed by atoms with Gasteiger partial charge in [-0.25, -0.2) is 0 Å². The SMILES string of the molecule is C=C[C@@H]1C[C@@H]2C[C@@H](c3ccc(OC)cc3)N(Cc3cccc(CN)c3)C(=O)[C@@H]2[C@@H]1C(=O)OC. The van der Waals surface area contributed by atoms with Crippen LogP contribution in [0.5, 0.6) is 5.75 Å². The first-order chi connectivity index (χ1) is 16.0. The minimum absolute atomic E-state index is 0.00460. The van der Waals surface area contributed by atoms with Crippen molar-refractivity contribution >= 4 is 11.9 Å². The van der Waals surface area contributed by atoms with Gasteiger partial charge in [0, 0.05) is 13.1 Å². The average Bonchev–Trinajstić information content (AvgIpc) is 3.24. The molecule has 4 rings (SSSR count). The van der Waals surface area contributed by atoms with E-state index >= 15 is 0 Å². The third kappa shape index (κ3) is 4.40. The first-order valence-corrected chi connectivity index (χ1v) is 11.4. The molecule has 6 nitrogen and oxygen atoms in total. The molecule has 2 aromatic carbocycles. The summed E-state index contributed by atoms with van der Waals surface area (Å²) in [7, 11) is 3.03. The van der Waals surface area contributed by atoms with Gasteiger partial charge >= 0.3 is 5.97 Å². The number of allylic oxidation sites excluding steroid dienone is 1. The molecule has 2 N–H and O–H groups in total. The molecule has 2 fully saturated rings. The molecule has 0 radical (unpaired) electrons. The summed E-state index contributed by atoms with van der Waals surface area (Å²) in [6.45, 7) is 4.84. The van der Waals surface area contributed by atoms with E-state index in [4.69, 9.17) is 15.2 Å². The van der Waals surface area contributed by atoms with Gasteiger partial charge in [-0.05, 0) is 53.5 Å². The van der Waals surface area contributed by atoms with Crippen molar-refractivity contribution in [2.75, 3.05) is 14.2 Å². The molecule has 1 aliphatic heterocycles. The molecule has 1 saturated carbocycles. The topological polar surface area (TPSA) is 81.9 Å². The van der Waals surface area contributed by atoms with Gasteiger partial charge < -0.3 is 20.1 Å². The maximum atomic E-state index is 14.0. The fourth-order valence-electron chi connectivity index (χ4n) is 5.64. The highest BCUT2D eigenvalue weighted by molar-refractivity contribution is 5.87. The molecular weight excluding hydrogens is 416 g/mol.